The van der Waals surface area contributed by atoms with Crippen LogP contribution in [0.15, 0.2) is 5.03 Å². The number of hydrogen-bond donors (Lipinski definition) is 3. The quantitative estimate of drug-likeness (QED) is 0.708. The van der Waals surface area contributed by atoms with E-state index in [1.165, 1.54) is 25.7 Å². The smallest absolute Gasteiger partial charge is 0.260 e. The molecule has 0 aromatic carbocycles. The summed E-state index contributed by atoms with van der Waals surface area (Å²) in [6.45, 7) is 2.82. The van der Waals surface area contributed by atoms with Gasteiger partial charge in [0.05, 0.1) is 0 Å². The maximum atomic E-state index is 12.3. The maximum absolute atomic E-state index is 12.3. The first-order chi connectivity index (χ1) is 9.54. The molecule has 1 aliphatic rings. The van der Waals surface area contributed by atoms with Crippen LogP contribution in [0.5, 0.6) is 0 Å². The number of sulfonamides is 1. The fourth-order valence-corrected chi connectivity index (χ4v) is 4.04. The highest BCUT2D eigenvalue weighted by Crippen LogP contribution is 2.27. The number of nitrogens with one attached hydrogen (secondary N) is 3. The Balaban J connectivity index is 1.98. The van der Waals surface area contributed by atoms with Crippen LogP contribution in [-0.2, 0) is 16.6 Å². The van der Waals surface area contributed by atoms with E-state index in [9.17, 15) is 8.42 Å². The van der Waals surface area contributed by atoms with E-state index in [-0.39, 0.29) is 5.03 Å². The van der Waals surface area contributed by atoms with Gasteiger partial charge in [-0.2, -0.15) is 5.10 Å². The summed E-state index contributed by atoms with van der Waals surface area (Å²) in [5.41, 5.74) is 1.50. The molecule has 1 aromatic heterocycles. The summed E-state index contributed by atoms with van der Waals surface area (Å²) < 4.78 is 27.3. The Kier molecular flexibility index (Phi) is 5.17. The predicted molar refractivity (Wildman–Crippen MR) is 77.9 cm³/mol. The molecule has 0 amide bonds. The minimum atomic E-state index is -3.52. The molecule has 114 valence electrons. The van der Waals surface area contributed by atoms with Gasteiger partial charge in [0.25, 0.3) is 10.0 Å². The molecule has 0 atom stereocenters. The molecular weight excluding hydrogens is 276 g/mol. The van der Waals surface area contributed by atoms with Gasteiger partial charge in [-0.05, 0) is 26.3 Å². The second-order valence-electron chi connectivity index (χ2n) is 5.50. The molecule has 1 aliphatic carbocycles. The first kappa shape index (κ1) is 15.5. The highest BCUT2D eigenvalue weighted by molar-refractivity contribution is 7.89. The molecule has 0 radical (unpaired) electrons. The zero-order chi connectivity index (χ0) is 14.6. The molecule has 1 saturated carbocycles. The summed E-state index contributed by atoms with van der Waals surface area (Å²) in [6, 6.07) is 0. The average Bonchev–Trinajstić information content (AvgIpc) is 3.01. The number of aryl methyl sites for hydroxylation is 1. The lowest BCUT2D eigenvalue weighted by molar-refractivity contribution is 0.495. The van der Waals surface area contributed by atoms with Crippen molar-refractivity contribution in [2.24, 2.45) is 5.92 Å². The van der Waals surface area contributed by atoms with Crippen molar-refractivity contribution < 1.29 is 8.42 Å². The number of aromatic amines is 1. The molecule has 7 heteroatoms. The number of nitrogens with zero attached hydrogens (tertiary/aromatic N) is 1. The molecule has 20 heavy (non-hydrogen) atoms. The highest BCUT2D eigenvalue weighted by atomic mass is 32.2. The van der Waals surface area contributed by atoms with Crippen molar-refractivity contribution in [1.82, 2.24) is 20.2 Å². The Labute approximate surface area is 120 Å². The van der Waals surface area contributed by atoms with Crippen LogP contribution < -0.4 is 10.0 Å². The first-order valence-electron chi connectivity index (χ1n) is 7.22. The Morgan fingerprint density at radius 2 is 2.05 bits per heavy atom. The maximum Gasteiger partial charge on any atom is 0.260 e. The molecule has 0 spiro atoms. The van der Waals surface area contributed by atoms with Gasteiger partial charge in [0.1, 0.15) is 0 Å². The van der Waals surface area contributed by atoms with Gasteiger partial charge in [0, 0.05) is 24.3 Å². The van der Waals surface area contributed by atoms with Gasteiger partial charge in [0.2, 0.25) is 0 Å². The van der Waals surface area contributed by atoms with E-state index in [1.807, 2.05) is 6.92 Å². The van der Waals surface area contributed by atoms with E-state index in [1.54, 1.807) is 7.05 Å². The van der Waals surface area contributed by atoms with Crippen molar-refractivity contribution in [3.05, 3.63) is 11.3 Å². The standard InChI is InChI=1S/C13H24N4O2S/c1-10-12(9-14-2)13(17-16-10)20(18,19)15-8-7-11-5-3-4-6-11/h11,14-15H,3-9H2,1-2H3,(H,16,17). The molecule has 0 aliphatic heterocycles. The van der Waals surface area contributed by atoms with Crippen LogP contribution in [0.3, 0.4) is 0 Å². The van der Waals surface area contributed by atoms with Gasteiger partial charge < -0.3 is 5.32 Å². The summed E-state index contributed by atoms with van der Waals surface area (Å²) in [5, 5.41) is 9.78. The summed E-state index contributed by atoms with van der Waals surface area (Å²) in [7, 11) is -1.73. The Morgan fingerprint density at radius 1 is 1.35 bits per heavy atom. The molecule has 0 unspecified atom stereocenters. The molecule has 0 saturated heterocycles. The van der Waals surface area contributed by atoms with Gasteiger partial charge in [0.15, 0.2) is 5.03 Å². The summed E-state index contributed by atoms with van der Waals surface area (Å²) >= 11 is 0. The Morgan fingerprint density at radius 3 is 2.70 bits per heavy atom. The Bertz CT molecular complexity index is 533. The van der Waals surface area contributed by atoms with Crippen molar-refractivity contribution in [2.45, 2.75) is 50.6 Å². The van der Waals surface area contributed by atoms with Crippen LogP contribution in [0.25, 0.3) is 0 Å². The van der Waals surface area contributed by atoms with Crippen LogP contribution in [0.1, 0.15) is 43.4 Å². The van der Waals surface area contributed by atoms with Gasteiger partial charge in [-0.25, -0.2) is 13.1 Å². The van der Waals surface area contributed by atoms with E-state index < -0.39 is 10.0 Å². The highest BCUT2D eigenvalue weighted by Gasteiger charge is 2.23. The summed E-state index contributed by atoms with van der Waals surface area (Å²) in [5.74, 6) is 0.676. The lowest BCUT2D eigenvalue weighted by Crippen LogP contribution is -2.27. The monoisotopic (exact) mass is 300 g/mol. The third kappa shape index (κ3) is 3.59. The van der Waals surface area contributed by atoms with Crippen LogP contribution in [-0.4, -0.2) is 32.2 Å². The molecule has 1 heterocycles. The van der Waals surface area contributed by atoms with E-state index in [4.69, 9.17) is 0 Å². The number of hydrogen-bond acceptors (Lipinski definition) is 4. The zero-order valence-electron chi connectivity index (χ0n) is 12.2. The number of rotatable bonds is 7. The lowest BCUT2D eigenvalue weighted by Gasteiger charge is -2.10. The Hall–Kier alpha value is -0.920. The number of aromatic nitrogens is 2. The molecule has 2 rings (SSSR count). The normalized spacial score (nSPS) is 16.9. The molecule has 3 N–H and O–H groups in total. The van der Waals surface area contributed by atoms with Crippen molar-refractivity contribution >= 4 is 10.0 Å². The van der Waals surface area contributed by atoms with E-state index >= 15 is 0 Å². The largest absolute Gasteiger partial charge is 0.316 e. The minimum absolute atomic E-state index is 0.121. The van der Waals surface area contributed by atoms with Crippen molar-refractivity contribution in [1.29, 1.82) is 0 Å². The van der Waals surface area contributed by atoms with E-state index in [0.717, 1.165) is 12.1 Å². The third-order valence-electron chi connectivity index (χ3n) is 3.96. The zero-order valence-corrected chi connectivity index (χ0v) is 13.0. The van der Waals surface area contributed by atoms with Gasteiger partial charge >= 0.3 is 0 Å². The van der Waals surface area contributed by atoms with E-state index in [0.29, 0.717) is 24.6 Å². The molecule has 0 bridgehead atoms. The summed E-state index contributed by atoms with van der Waals surface area (Å²) in [4.78, 5) is 0. The van der Waals surface area contributed by atoms with Crippen molar-refractivity contribution in [3.8, 4) is 0 Å². The number of H-pyrrole nitrogens is 1. The predicted octanol–water partition coefficient (Wildman–Crippen LogP) is 1.30. The molecular formula is C13H24N4O2S. The van der Waals surface area contributed by atoms with Crippen molar-refractivity contribution in [2.75, 3.05) is 13.6 Å². The van der Waals surface area contributed by atoms with E-state index in [2.05, 4.69) is 20.2 Å². The van der Waals surface area contributed by atoms with Gasteiger partial charge in [-0.15, -0.1) is 0 Å². The third-order valence-corrected chi connectivity index (χ3v) is 5.39. The lowest BCUT2D eigenvalue weighted by atomic mass is 10.1. The minimum Gasteiger partial charge on any atom is -0.316 e. The van der Waals surface area contributed by atoms with Crippen molar-refractivity contribution in [3.63, 3.8) is 0 Å². The average molecular weight is 300 g/mol. The SMILES string of the molecule is CNCc1c(S(=O)(=O)NCCC2CCCC2)n[nH]c1C. The van der Waals surface area contributed by atoms with Gasteiger partial charge in [-0.3, -0.25) is 5.10 Å². The topological polar surface area (TPSA) is 86.9 Å². The molecule has 1 fully saturated rings. The fraction of sp³-hybridized carbons (Fsp3) is 0.769. The second-order valence-corrected chi connectivity index (χ2v) is 7.18. The van der Waals surface area contributed by atoms with Crippen LogP contribution in [0.4, 0.5) is 0 Å². The van der Waals surface area contributed by atoms with Crippen LogP contribution in [0.2, 0.25) is 0 Å². The van der Waals surface area contributed by atoms with Gasteiger partial charge in [-0.1, -0.05) is 25.7 Å². The second kappa shape index (κ2) is 6.69. The molecule has 6 nitrogen and oxygen atoms in total. The summed E-state index contributed by atoms with van der Waals surface area (Å²) in [6.07, 6.45) is 5.94. The first-order valence-corrected chi connectivity index (χ1v) is 8.71. The van der Waals surface area contributed by atoms with Crippen LogP contribution >= 0.6 is 0 Å². The fourth-order valence-electron chi connectivity index (χ4n) is 2.80. The van der Waals surface area contributed by atoms with Crippen LogP contribution in [0, 0.1) is 12.8 Å². The molecule has 1 aromatic rings.